The average molecular weight is 389 g/mol. The lowest BCUT2D eigenvalue weighted by Gasteiger charge is -2.09. The standard InChI is InChI=1S/C22H19N3O4/c1-14-4-2-3-5-17(14)25-22(27)18-11-16(8-9-23-18)21(26)24-12-15-6-7-19-20(10-15)29-13-28-19/h2-11H,12-13H2,1H3,(H,24,26)(H,25,27). The van der Waals surface area contributed by atoms with Crippen molar-refractivity contribution in [1.29, 1.82) is 0 Å². The van der Waals surface area contributed by atoms with Gasteiger partial charge in [0.15, 0.2) is 11.5 Å². The summed E-state index contributed by atoms with van der Waals surface area (Å²) in [7, 11) is 0. The van der Waals surface area contributed by atoms with E-state index >= 15 is 0 Å². The van der Waals surface area contributed by atoms with Crippen LogP contribution in [0.2, 0.25) is 0 Å². The molecule has 1 aromatic heterocycles. The number of hydrogen-bond donors (Lipinski definition) is 2. The van der Waals surface area contributed by atoms with Gasteiger partial charge in [-0.3, -0.25) is 14.6 Å². The topological polar surface area (TPSA) is 89.6 Å². The molecule has 0 atom stereocenters. The van der Waals surface area contributed by atoms with Gasteiger partial charge >= 0.3 is 0 Å². The second kappa shape index (κ2) is 8.02. The number of nitrogens with one attached hydrogen (secondary N) is 2. The number of para-hydroxylation sites is 1. The van der Waals surface area contributed by atoms with E-state index in [0.717, 1.165) is 11.1 Å². The molecule has 7 nitrogen and oxygen atoms in total. The Morgan fingerprint density at radius 3 is 2.69 bits per heavy atom. The van der Waals surface area contributed by atoms with Crippen molar-refractivity contribution in [2.45, 2.75) is 13.5 Å². The summed E-state index contributed by atoms with van der Waals surface area (Å²) in [5.41, 5.74) is 3.06. The van der Waals surface area contributed by atoms with Gasteiger partial charge in [-0.1, -0.05) is 24.3 Å². The number of amides is 2. The molecule has 0 aliphatic carbocycles. The fraction of sp³-hybridized carbons (Fsp3) is 0.136. The van der Waals surface area contributed by atoms with Crippen LogP contribution in [0.25, 0.3) is 0 Å². The monoisotopic (exact) mass is 389 g/mol. The molecule has 1 aliphatic rings. The molecule has 0 fully saturated rings. The van der Waals surface area contributed by atoms with Crippen molar-refractivity contribution in [2.75, 3.05) is 12.1 Å². The zero-order chi connectivity index (χ0) is 20.2. The molecule has 2 amide bonds. The van der Waals surface area contributed by atoms with Crippen LogP contribution in [0.5, 0.6) is 11.5 Å². The van der Waals surface area contributed by atoms with E-state index < -0.39 is 0 Å². The number of aryl methyl sites for hydroxylation is 1. The molecule has 4 rings (SSSR count). The minimum atomic E-state index is -0.371. The van der Waals surface area contributed by atoms with E-state index in [0.29, 0.717) is 29.3 Å². The summed E-state index contributed by atoms with van der Waals surface area (Å²) in [6.45, 7) is 2.43. The maximum atomic E-state index is 12.5. The number of carbonyl (C=O) groups is 2. The maximum Gasteiger partial charge on any atom is 0.274 e. The molecule has 3 aromatic rings. The number of pyridine rings is 1. The highest BCUT2D eigenvalue weighted by molar-refractivity contribution is 6.05. The van der Waals surface area contributed by atoms with E-state index in [-0.39, 0.29) is 24.3 Å². The van der Waals surface area contributed by atoms with Crippen LogP contribution in [0.4, 0.5) is 5.69 Å². The van der Waals surface area contributed by atoms with Gasteiger partial charge in [0.25, 0.3) is 11.8 Å². The Labute approximate surface area is 167 Å². The zero-order valence-corrected chi connectivity index (χ0v) is 15.8. The van der Waals surface area contributed by atoms with Crippen LogP contribution in [0.3, 0.4) is 0 Å². The van der Waals surface area contributed by atoms with Gasteiger partial charge in [0.1, 0.15) is 5.69 Å². The Balaban J connectivity index is 1.42. The molecule has 0 radical (unpaired) electrons. The van der Waals surface area contributed by atoms with Crippen molar-refractivity contribution in [1.82, 2.24) is 10.3 Å². The average Bonchev–Trinajstić information content (AvgIpc) is 3.21. The molecule has 0 unspecified atom stereocenters. The smallest absolute Gasteiger partial charge is 0.274 e. The molecule has 29 heavy (non-hydrogen) atoms. The number of benzene rings is 2. The van der Waals surface area contributed by atoms with E-state index in [1.165, 1.54) is 12.3 Å². The quantitative estimate of drug-likeness (QED) is 0.699. The predicted octanol–water partition coefficient (Wildman–Crippen LogP) is 3.30. The number of rotatable bonds is 5. The van der Waals surface area contributed by atoms with Crippen LogP contribution in [0.15, 0.2) is 60.8 Å². The van der Waals surface area contributed by atoms with Crippen LogP contribution in [-0.4, -0.2) is 23.6 Å². The van der Waals surface area contributed by atoms with Crippen LogP contribution < -0.4 is 20.1 Å². The fourth-order valence-corrected chi connectivity index (χ4v) is 2.93. The van der Waals surface area contributed by atoms with Crippen LogP contribution in [0, 0.1) is 6.92 Å². The molecule has 0 saturated heterocycles. The summed E-state index contributed by atoms with van der Waals surface area (Å²) in [5.74, 6) is 0.689. The zero-order valence-electron chi connectivity index (χ0n) is 15.8. The number of anilines is 1. The third-order valence-corrected chi connectivity index (χ3v) is 4.54. The first-order valence-electron chi connectivity index (χ1n) is 9.10. The van der Waals surface area contributed by atoms with Gasteiger partial charge in [0.05, 0.1) is 0 Å². The number of carbonyl (C=O) groups excluding carboxylic acids is 2. The van der Waals surface area contributed by atoms with Crippen molar-refractivity contribution in [3.8, 4) is 11.5 Å². The first-order valence-corrected chi connectivity index (χ1v) is 9.10. The molecule has 0 bridgehead atoms. The van der Waals surface area contributed by atoms with Crippen LogP contribution >= 0.6 is 0 Å². The summed E-state index contributed by atoms with van der Waals surface area (Å²) in [6, 6.07) is 16.0. The molecule has 2 aromatic carbocycles. The molecular weight excluding hydrogens is 370 g/mol. The van der Waals surface area contributed by atoms with Gasteiger partial charge < -0.3 is 20.1 Å². The highest BCUT2D eigenvalue weighted by atomic mass is 16.7. The molecule has 7 heteroatoms. The van der Waals surface area contributed by atoms with E-state index in [9.17, 15) is 9.59 Å². The van der Waals surface area contributed by atoms with Gasteiger partial charge in [0, 0.05) is 24.0 Å². The Morgan fingerprint density at radius 1 is 1.00 bits per heavy atom. The normalized spacial score (nSPS) is 11.8. The van der Waals surface area contributed by atoms with Crippen molar-refractivity contribution in [3.63, 3.8) is 0 Å². The van der Waals surface area contributed by atoms with E-state index in [2.05, 4.69) is 15.6 Å². The maximum absolute atomic E-state index is 12.5. The number of hydrogen-bond acceptors (Lipinski definition) is 5. The Kier molecular flexibility index (Phi) is 5.11. The lowest BCUT2D eigenvalue weighted by Crippen LogP contribution is -2.23. The van der Waals surface area contributed by atoms with Gasteiger partial charge in [-0.25, -0.2) is 0 Å². The highest BCUT2D eigenvalue weighted by Gasteiger charge is 2.15. The Morgan fingerprint density at radius 2 is 1.83 bits per heavy atom. The van der Waals surface area contributed by atoms with Crippen LogP contribution in [0.1, 0.15) is 32.0 Å². The lowest BCUT2D eigenvalue weighted by molar-refractivity contribution is 0.0950. The SMILES string of the molecule is Cc1ccccc1NC(=O)c1cc(C(=O)NCc2ccc3c(c2)OCO3)ccn1. The third-order valence-electron chi connectivity index (χ3n) is 4.54. The number of nitrogens with zero attached hydrogens (tertiary/aromatic N) is 1. The van der Waals surface area contributed by atoms with Gasteiger partial charge in [-0.15, -0.1) is 0 Å². The van der Waals surface area contributed by atoms with Gasteiger partial charge in [0.2, 0.25) is 6.79 Å². The summed E-state index contributed by atoms with van der Waals surface area (Å²) in [4.78, 5) is 29.1. The second-order valence-electron chi connectivity index (χ2n) is 6.57. The highest BCUT2D eigenvalue weighted by Crippen LogP contribution is 2.32. The predicted molar refractivity (Wildman–Crippen MR) is 107 cm³/mol. The van der Waals surface area contributed by atoms with E-state index in [1.54, 1.807) is 6.07 Å². The Hall–Kier alpha value is -3.87. The largest absolute Gasteiger partial charge is 0.454 e. The number of ether oxygens (including phenoxy) is 2. The second-order valence-corrected chi connectivity index (χ2v) is 6.57. The number of fused-ring (bicyclic) bond motifs is 1. The van der Waals surface area contributed by atoms with Crippen molar-refractivity contribution >= 4 is 17.5 Å². The molecular formula is C22H19N3O4. The Bertz CT molecular complexity index is 1080. The molecule has 0 saturated carbocycles. The van der Waals surface area contributed by atoms with Crippen molar-refractivity contribution < 1.29 is 19.1 Å². The molecule has 1 aliphatic heterocycles. The summed E-state index contributed by atoms with van der Waals surface area (Å²) >= 11 is 0. The van der Waals surface area contributed by atoms with Crippen molar-refractivity contribution in [3.05, 3.63) is 83.2 Å². The summed E-state index contributed by atoms with van der Waals surface area (Å²) in [6.07, 6.45) is 1.45. The molecule has 2 heterocycles. The molecule has 0 spiro atoms. The van der Waals surface area contributed by atoms with Gasteiger partial charge in [-0.2, -0.15) is 0 Å². The van der Waals surface area contributed by atoms with E-state index in [4.69, 9.17) is 9.47 Å². The first kappa shape index (κ1) is 18.5. The number of aromatic nitrogens is 1. The minimum absolute atomic E-state index is 0.170. The van der Waals surface area contributed by atoms with Crippen molar-refractivity contribution in [2.24, 2.45) is 0 Å². The van der Waals surface area contributed by atoms with Crippen LogP contribution in [-0.2, 0) is 6.54 Å². The first-order chi connectivity index (χ1) is 14.1. The van der Waals surface area contributed by atoms with Gasteiger partial charge in [-0.05, 0) is 48.4 Å². The fourth-order valence-electron chi connectivity index (χ4n) is 2.93. The lowest BCUT2D eigenvalue weighted by atomic mass is 10.1. The summed E-state index contributed by atoms with van der Waals surface area (Å²) < 4.78 is 10.6. The third kappa shape index (κ3) is 4.19. The summed E-state index contributed by atoms with van der Waals surface area (Å²) in [5, 5.41) is 5.65. The minimum Gasteiger partial charge on any atom is -0.454 e. The molecule has 2 N–H and O–H groups in total. The van der Waals surface area contributed by atoms with E-state index in [1.807, 2.05) is 49.4 Å². The molecule has 146 valence electrons.